The Hall–Kier alpha value is -2.57. The van der Waals surface area contributed by atoms with Crippen LogP contribution in [0, 0.1) is 12.3 Å². The Morgan fingerprint density at radius 1 is 1.27 bits per heavy atom. The Labute approximate surface area is 130 Å². The summed E-state index contributed by atoms with van der Waals surface area (Å²) in [6.45, 7) is 4.69. The highest BCUT2D eigenvalue weighted by Gasteiger charge is 2.18. The maximum Gasteiger partial charge on any atom is 0.131 e. The third kappa shape index (κ3) is 2.38. The van der Waals surface area contributed by atoms with E-state index in [-0.39, 0.29) is 6.23 Å². The monoisotopic (exact) mass is 290 g/mol. The zero-order valence-corrected chi connectivity index (χ0v) is 12.8. The molecule has 0 radical (unpaired) electrons. The summed E-state index contributed by atoms with van der Waals surface area (Å²) in [5.74, 6) is 2.72. The van der Waals surface area contributed by atoms with Crippen LogP contribution in [-0.2, 0) is 4.74 Å². The molecule has 2 heterocycles. The number of hydrogen-bond donors (Lipinski definition) is 0. The molecule has 0 spiro atoms. The zero-order chi connectivity index (χ0) is 15.5. The molecule has 0 N–H and O–H groups in total. The van der Waals surface area contributed by atoms with E-state index >= 15 is 0 Å². The quantitative estimate of drug-likeness (QED) is 0.672. The van der Waals surface area contributed by atoms with Gasteiger partial charge in [0.25, 0.3) is 0 Å². The fraction of sp³-hybridized carbons (Fsp3) is 0.211. The maximum absolute atomic E-state index is 5.81. The van der Waals surface area contributed by atoms with Crippen LogP contribution >= 0.6 is 0 Å². The smallest absolute Gasteiger partial charge is 0.131 e. The van der Waals surface area contributed by atoms with Gasteiger partial charge in [-0.2, -0.15) is 0 Å². The summed E-state index contributed by atoms with van der Waals surface area (Å²) in [5, 5.41) is 1.15. The number of nitrogens with zero attached hydrogens (tertiary/aromatic N) is 2. The molecule has 1 aromatic carbocycles. The number of rotatable bonds is 4. The molecule has 0 aliphatic heterocycles. The minimum atomic E-state index is -0.0902. The molecular formula is C19H18N2O. The van der Waals surface area contributed by atoms with E-state index in [0.29, 0.717) is 6.61 Å². The predicted octanol–water partition coefficient (Wildman–Crippen LogP) is 4.24. The first-order chi connectivity index (χ1) is 10.8. The molecule has 110 valence electrons. The van der Waals surface area contributed by atoms with Gasteiger partial charge < -0.3 is 9.30 Å². The molecule has 3 rings (SSSR count). The van der Waals surface area contributed by atoms with Crippen molar-refractivity contribution in [2.24, 2.45) is 0 Å². The van der Waals surface area contributed by atoms with Gasteiger partial charge in [-0.25, -0.2) is 0 Å². The van der Waals surface area contributed by atoms with Crippen molar-refractivity contribution in [2.75, 3.05) is 6.61 Å². The molecule has 3 aromatic rings. The van der Waals surface area contributed by atoms with Crippen molar-refractivity contribution in [1.82, 2.24) is 9.55 Å². The lowest BCUT2D eigenvalue weighted by Crippen LogP contribution is -2.11. The molecule has 3 heteroatoms. The maximum atomic E-state index is 5.81. The Morgan fingerprint density at radius 3 is 2.86 bits per heavy atom. The number of ether oxygens (including phenoxy) is 1. The van der Waals surface area contributed by atoms with Gasteiger partial charge in [0.15, 0.2) is 0 Å². The molecule has 0 fully saturated rings. The summed E-state index contributed by atoms with van der Waals surface area (Å²) in [7, 11) is 0. The van der Waals surface area contributed by atoms with E-state index in [0.717, 1.165) is 27.9 Å². The number of terminal acetylenes is 1. The first-order valence-corrected chi connectivity index (χ1v) is 7.39. The van der Waals surface area contributed by atoms with E-state index in [1.807, 2.05) is 38.1 Å². The zero-order valence-electron chi connectivity index (χ0n) is 12.8. The Morgan fingerprint density at radius 2 is 2.09 bits per heavy atom. The van der Waals surface area contributed by atoms with Crippen LogP contribution in [0.4, 0.5) is 0 Å². The Balaban J connectivity index is 2.29. The SMILES string of the molecule is C#Cc1cccnc1-c1cc2ccccc2n1C(C)OCC. The summed E-state index contributed by atoms with van der Waals surface area (Å²) in [6, 6.07) is 14.1. The molecule has 0 amide bonds. The molecule has 22 heavy (non-hydrogen) atoms. The van der Waals surface area contributed by atoms with Gasteiger partial charge in [-0.05, 0) is 38.1 Å². The van der Waals surface area contributed by atoms with Crippen molar-refractivity contribution in [3.8, 4) is 23.7 Å². The highest BCUT2D eigenvalue weighted by atomic mass is 16.5. The third-order valence-electron chi connectivity index (χ3n) is 3.73. The van der Waals surface area contributed by atoms with Gasteiger partial charge in [-0.15, -0.1) is 6.42 Å². The average molecular weight is 290 g/mol. The topological polar surface area (TPSA) is 27.1 Å². The van der Waals surface area contributed by atoms with Crippen LogP contribution < -0.4 is 0 Å². The largest absolute Gasteiger partial charge is 0.359 e. The number of para-hydroxylation sites is 1. The first kappa shape index (κ1) is 14.4. The summed E-state index contributed by atoms with van der Waals surface area (Å²) in [6.07, 6.45) is 7.31. The summed E-state index contributed by atoms with van der Waals surface area (Å²) in [5.41, 5.74) is 3.70. The number of benzene rings is 1. The highest BCUT2D eigenvalue weighted by Crippen LogP contribution is 2.32. The van der Waals surface area contributed by atoms with Crippen molar-refractivity contribution in [1.29, 1.82) is 0 Å². The standard InChI is InChI=1S/C19H18N2O/c1-4-15-10-8-12-20-19(15)18-13-16-9-6-7-11-17(16)21(18)14(3)22-5-2/h1,6-14H,5H2,2-3H3. The predicted molar refractivity (Wildman–Crippen MR) is 89.4 cm³/mol. The van der Waals surface area contributed by atoms with E-state index in [9.17, 15) is 0 Å². The number of hydrogen-bond acceptors (Lipinski definition) is 2. The molecular weight excluding hydrogens is 272 g/mol. The van der Waals surface area contributed by atoms with Crippen LogP contribution in [-0.4, -0.2) is 16.2 Å². The van der Waals surface area contributed by atoms with Gasteiger partial charge in [-0.3, -0.25) is 4.98 Å². The van der Waals surface area contributed by atoms with Crippen LogP contribution in [0.25, 0.3) is 22.3 Å². The van der Waals surface area contributed by atoms with E-state index in [4.69, 9.17) is 11.2 Å². The highest BCUT2D eigenvalue weighted by molar-refractivity contribution is 5.87. The van der Waals surface area contributed by atoms with Crippen molar-refractivity contribution >= 4 is 10.9 Å². The first-order valence-electron chi connectivity index (χ1n) is 7.39. The van der Waals surface area contributed by atoms with Crippen LogP contribution in [0.15, 0.2) is 48.7 Å². The van der Waals surface area contributed by atoms with Gasteiger partial charge in [0.1, 0.15) is 11.9 Å². The normalized spacial score (nSPS) is 12.2. The van der Waals surface area contributed by atoms with Crippen molar-refractivity contribution < 1.29 is 4.74 Å². The van der Waals surface area contributed by atoms with Gasteiger partial charge >= 0.3 is 0 Å². The molecule has 0 saturated carbocycles. The number of aromatic nitrogens is 2. The lowest BCUT2D eigenvalue weighted by molar-refractivity contribution is 0.0291. The average Bonchev–Trinajstić information content (AvgIpc) is 2.94. The summed E-state index contributed by atoms with van der Waals surface area (Å²) in [4.78, 5) is 4.50. The van der Waals surface area contributed by atoms with E-state index in [2.05, 4.69) is 33.7 Å². The van der Waals surface area contributed by atoms with Crippen molar-refractivity contribution in [2.45, 2.75) is 20.1 Å². The molecule has 2 aromatic heterocycles. The van der Waals surface area contributed by atoms with Crippen LogP contribution in [0.3, 0.4) is 0 Å². The fourth-order valence-electron chi connectivity index (χ4n) is 2.79. The van der Waals surface area contributed by atoms with E-state index in [1.54, 1.807) is 6.20 Å². The third-order valence-corrected chi connectivity index (χ3v) is 3.73. The summed E-state index contributed by atoms with van der Waals surface area (Å²) < 4.78 is 7.97. The second-order valence-electron chi connectivity index (χ2n) is 5.06. The minimum Gasteiger partial charge on any atom is -0.359 e. The van der Waals surface area contributed by atoms with Crippen molar-refractivity contribution in [3.63, 3.8) is 0 Å². The van der Waals surface area contributed by atoms with Gasteiger partial charge in [-0.1, -0.05) is 24.1 Å². The molecule has 0 aliphatic rings. The number of fused-ring (bicyclic) bond motifs is 1. The van der Waals surface area contributed by atoms with Crippen LogP contribution in [0.1, 0.15) is 25.6 Å². The van der Waals surface area contributed by atoms with Gasteiger partial charge in [0, 0.05) is 18.2 Å². The van der Waals surface area contributed by atoms with Crippen LogP contribution in [0.5, 0.6) is 0 Å². The molecule has 0 aliphatic carbocycles. The Bertz CT molecular complexity index is 842. The van der Waals surface area contributed by atoms with E-state index in [1.165, 1.54) is 0 Å². The Kier molecular flexibility index (Phi) is 3.95. The number of pyridine rings is 1. The fourth-order valence-corrected chi connectivity index (χ4v) is 2.79. The molecule has 1 unspecified atom stereocenters. The van der Waals surface area contributed by atoms with E-state index < -0.39 is 0 Å². The lowest BCUT2D eigenvalue weighted by Gasteiger charge is -2.19. The van der Waals surface area contributed by atoms with Crippen molar-refractivity contribution in [3.05, 3.63) is 54.2 Å². The molecule has 0 saturated heterocycles. The van der Waals surface area contributed by atoms with Gasteiger partial charge in [0.05, 0.1) is 16.8 Å². The molecule has 0 bridgehead atoms. The summed E-state index contributed by atoms with van der Waals surface area (Å²) >= 11 is 0. The second-order valence-corrected chi connectivity index (χ2v) is 5.06. The molecule has 3 nitrogen and oxygen atoms in total. The second kappa shape index (κ2) is 6.05. The molecule has 1 atom stereocenters. The van der Waals surface area contributed by atoms with Crippen LogP contribution in [0.2, 0.25) is 0 Å². The minimum absolute atomic E-state index is 0.0902. The van der Waals surface area contributed by atoms with Gasteiger partial charge in [0.2, 0.25) is 0 Å². The lowest BCUT2D eigenvalue weighted by atomic mass is 10.1.